The van der Waals surface area contributed by atoms with E-state index in [1.54, 1.807) is 17.0 Å². The zero-order valence-electron chi connectivity index (χ0n) is 16.3. The Morgan fingerprint density at radius 1 is 1.21 bits per heavy atom. The quantitative estimate of drug-likeness (QED) is 0.608. The van der Waals surface area contributed by atoms with Gasteiger partial charge in [-0.25, -0.2) is 8.42 Å². The summed E-state index contributed by atoms with van der Waals surface area (Å²) in [6, 6.07) is 12.7. The topological polar surface area (TPSA) is 67.6 Å². The number of benzene rings is 2. The molecule has 29 heavy (non-hydrogen) atoms. The van der Waals surface area contributed by atoms with Crippen molar-refractivity contribution in [3.63, 3.8) is 0 Å². The first kappa shape index (κ1) is 20.0. The predicted octanol–water partition coefficient (Wildman–Crippen LogP) is 4.53. The largest absolute Gasteiger partial charge is 0.451 e. The van der Waals surface area contributed by atoms with Gasteiger partial charge in [-0.1, -0.05) is 35.4 Å². The Balaban J connectivity index is 1.74. The molecule has 0 unspecified atom stereocenters. The number of sulfone groups is 1. The van der Waals surface area contributed by atoms with Gasteiger partial charge in [0, 0.05) is 28.6 Å². The minimum atomic E-state index is -3.15. The van der Waals surface area contributed by atoms with E-state index in [9.17, 15) is 13.2 Å². The fourth-order valence-electron chi connectivity index (χ4n) is 3.89. The van der Waals surface area contributed by atoms with Crippen LogP contribution in [0.15, 0.2) is 46.9 Å². The molecule has 152 valence electrons. The Bertz CT molecular complexity index is 1200. The van der Waals surface area contributed by atoms with E-state index in [1.807, 2.05) is 44.2 Å². The molecule has 0 aliphatic carbocycles. The maximum Gasteiger partial charge on any atom is 0.290 e. The van der Waals surface area contributed by atoms with Gasteiger partial charge in [0.15, 0.2) is 15.6 Å². The van der Waals surface area contributed by atoms with E-state index in [1.165, 1.54) is 0 Å². The van der Waals surface area contributed by atoms with Gasteiger partial charge < -0.3 is 9.32 Å². The van der Waals surface area contributed by atoms with Crippen LogP contribution in [0.5, 0.6) is 0 Å². The molecule has 1 aromatic heterocycles. The summed E-state index contributed by atoms with van der Waals surface area (Å²) in [4.78, 5) is 15.1. The SMILES string of the molecule is Cc1ccc2oc(C(=O)N(Cc3cccc(Cl)c3)[C@@H]3CCS(=O)(=O)C3)c(C)c2c1. The van der Waals surface area contributed by atoms with Crippen molar-refractivity contribution in [2.24, 2.45) is 0 Å². The molecule has 1 amide bonds. The highest BCUT2D eigenvalue weighted by Gasteiger charge is 2.36. The summed E-state index contributed by atoms with van der Waals surface area (Å²) in [5.41, 5.74) is 3.35. The van der Waals surface area contributed by atoms with Crippen molar-refractivity contribution in [2.75, 3.05) is 11.5 Å². The van der Waals surface area contributed by atoms with Gasteiger partial charge in [-0.2, -0.15) is 0 Å². The molecule has 2 aromatic carbocycles. The highest BCUT2D eigenvalue weighted by Crippen LogP contribution is 2.30. The van der Waals surface area contributed by atoms with Gasteiger partial charge in [-0.05, 0) is 50.1 Å². The van der Waals surface area contributed by atoms with Crippen molar-refractivity contribution in [3.05, 3.63) is 69.9 Å². The highest BCUT2D eigenvalue weighted by molar-refractivity contribution is 7.91. The molecule has 0 saturated carbocycles. The monoisotopic (exact) mass is 431 g/mol. The second-order valence-electron chi connectivity index (χ2n) is 7.68. The molecule has 4 rings (SSSR count). The number of nitrogens with zero attached hydrogens (tertiary/aromatic N) is 1. The molecule has 5 nitrogen and oxygen atoms in total. The van der Waals surface area contributed by atoms with E-state index in [4.69, 9.17) is 16.0 Å². The molecule has 0 N–H and O–H groups in total. The molecule has 0 radical (unpaired) electrons. The molecule has 1 atom stereocenters. The third-order valence-corrected chi connectivity index (χ3v) is 7.42. The van der Waals surface area contributed by atoms with E-state index in [0.29, 0.717) is 17.0 Å². The normalized spacial score (nSPS) is 18.2. The first-order chi connectivity index (χ1) is 13.7. The Labute approximate surface area is 175 Å². The lowest BCUT2D eigenvalue weighted by Crippen LogP contribution is -2.40. The van der Waals surface area contributed by atoms with Gasteiger partial charge in [-0.15, -0.1) is 0 Å². The highest BCUT2D eigenvalue weighted by atomic mass is 35.5. The third kappa shape index (κ3) is 4.05. The minimum Gasteiger partial charge on any atom is -0.451 e. The summed E-state index contributed by atoms with van der Waals surface area (Å²) in [5.74, 6) is 0.0304. The Morgan fingerprint density at radius 2 is 2.00 bits per heavy atom. The van der Waals surface area contributed by atoms with Crippen LogP contribution in [0.25, 0.3) is 11.0 Å². The van der Waals surface area contributed by atoms with E-state index >= 15 is 0 Å². The zero-order chi connectivity index (χ0) is 20.8. The van der Waals surface area contributed by atoms with Crippen LogP contribution >= 0.6 is 11.6 Å². The van der Waals surface area contributed by atoms with Crippen LogP contribution in [-0.2, 0) is 16.4 Å². The maximum atomic E-state index is 13.5. The van der Waals surface area contributed by atoms with Crippen LogP contribution < -0.4 is 0 Å². The molecular weight excluding hydrogens is 410 g/mol. The molecule has 0 bridgehead atoms. The number of hydrogen-bond donors (Lipinski definition) is 0. The zero-order valence-corrected chi connectivity index (χ0v) is 17.9. The molecule has 1 saturated heterocycles. The van der Waals surface area contributed by atoms with Crippen LogP contribution in [0, 0.1) is 13.8 Å². The Morgan fingerprint density at radius 3 is 2.69 bits per heavy atom. The summed E-state index contributed by atoms with van der Waals surface area (Å²) in [6.07, 6.45) is 0.424. The molecule has 1 fully saturated rings. The van der Waals surface area contributed by atoms with Crippen LogP contribution in [0.3, 0.4) is 0 Å². The van der Waals surface area contributed by atoms with Gasteiger partial charge in [0.25, 0.3) is 5.91 Å². The van der Waals surface area contributed by atoms with Gasteiger partial charge in [-0.3, -0.25) is 4.79 Å². The van der Waals surface area contributed by atoms with Crippen molar-refractivity contribution in [1.82, 2.24) is 4.90 Å². The van der Waals surface area contributed by atoms with Crippen molar-refractivity contribution >= 4 is 38.3 Å². The smallest absolute Gasteiger partial charge is 0.290 e. The lowest BCUT2D eigenvalue weighted by atomic mass is 10.1. The number of furan rings is 1. The first-order valence-corrected chi connectivity index (χ1v) is 11.7. The van der Waals surface area contributed by atoms with E-state index in [0.717, 1.165) is 22.1 Å². The van der Waals surface area contributed by atoms with Crippen LogP contribution in [0.1, 0.15) is 33.7 Å². The Kier molecular flexibility index (Phi) is 5.17. The molecule has 1 aliphatic heterocycles. The number of hydrogen-bond acceptors (Lipinski definition) is 4. The second-order valence-corrected chi connectivity index (χ2v) is 10.3. The number of aryl methyl sites for hydroxylation is 2. The van der Waals surface area contributed by atoms with Crippen LogP contribution in [0.2, 0.25) is 5.02 Å². The van der Waals surface area contributed by atoms with Gasteiger partial charge >= 0.3 is 0 Å². The molecule has 1 aliphatic rings. The lowest BCUT2D eigenvalue weighted by Gasteiger charge is -2.28. The van der Waals surface area contributed by atoms with Crippen molar-refractivity contribution in [1.29, 1.82) is 0 Å². The lowest BCUT2D eigenvalue weighted by molar-refractivity contribution is 0.0649. The Hall–Kier alpha value is -2.31. The van der Waals surface area contributed by atoms with Crippen molar-refractivity contribution < 1.29 is 17.6 Å². The van der Waals surface area contributed by atoms with Crippen LogP contribution in [-0.4, -0.2) is 36.8 Å². The van der Waals surface area contributed by atoms with E-state index < -0.39 is 9.84 Å². The standard InChI is InChI=1S/C22H22ClNO4S/c1-14-6-7-20-19(10-14)15(2)21(28-20)22(25)24(18-8-9-29(26,27)13-18)12-16-4-3-5-17(23)11-16/h3-7,10-11,18H,8-9,12-13H2,1-2H3/t18-/m1/s1. The molecule has 0 spiro atoms. The van der Waals surface area contributed by atoms with E-state index in [2.05, 4.69) is 0 Å². The number of carbonyl (C=O) groups excluding carboxylic acids is 1. The van der Waals surface area contributed by atoms with Gasteiger partial charge in [0.2, 0.25) is 0 Å². The number of halogens is 1. The van der Waals surface area contributed by atoms with E-state index in [-0.39, 0.29) is 35.8 Å². The van der Waals surface area contributed by atoms with Gasteiger partial charge in [0.05, 0.1) is 11.5 Å². The second kappa shape index (κ2) is 7.50. The molecule has 2 heterocycles. The third-order valence-electron chi connectivity index (χ3n) is 5.44. The summed E-state index contributed by atoms with van der Waals surface area (Å²) in [7, 11) is -3.15. The van der Waals surface area contributed by atoms with Crippen molar-refractivity contribution in [3.8, 4) is 0 Å². The summed E-state index contributed by atoms with van der Waals surface area (Å²) < 4.78 is 30.1. The predicted molar refractivity (Wildman–Crippen MR) is 114 cm³/mol. The maximum absolute atomic E-state index is 13.5. The number of amides is 1. The molecular formula is C22H22ClNO4S. The summed E-state index contributed by atoms with van der Waals surface area (Å²) in [6.45, 7) is 4.12. The average Bonchev–Trinajstić information content (AvgIpc) is 3.19. The minimum absolute atomic E-state index is 0.0301. The number of carbonyl (C=O) groups is 1. The van der Waals surface area contributed by atoms with Crippen LogP contribution in [0.4, 0.5) is 0 Å². The molecule has 7 heteroatoms. The summed E-state index contributed by atoms with van der Waals surface area (Å²) in [5, 5.41) is 1.47. The van der Waals surface area contributed by atoms with Gasteiger partial charge in [0.1, 0.15) is 5.58 Å². The first-order valence-electron chi connectivity index (χ1n) is 9.49. The van der Waals surface area contributed by atoms with Crippen molar-refractivity contribution in [2.45, 2.75) is 32.9 Å². The number of fused-ring (bicyclic) bond motifs is 1. The summed E-state index contributed by atoms with van der Waals surface area (Å²) >= 11 is 6.11. The molecule has 3 aromatic rings. The fourth-order valence-corrected chi connectivity index (χ4v) is 5.83. The average molecular weight is 432 g/mol. The fraction of sp³-hybridized carbons (Fsp3) is 0.318. The number of rotatable bonds is 4.